The lowest BCUT2D eigenvalue weighted by Crippen LogP contribution is -2.02. The van der Waals surface area contributed by atoms with Crippen molar-refractivity contribution in [2.45, 2.75) is 20.3 Å². The molecule has 0 saturated carbocycles. The number of anilines is 1. The Kier molecular flexibility index (Phi) is 3.76. The summed E-state index contributed by atoms with van der Waals surface area (Å²) in [6.45, 7) is 4.01. The highest BCUT2D eigenvalue weighted by Crippen LogP contribution is 2.27. The van der Waals surface area contributed by atoms with Crippen LogP contribution in [0.1, 0.15) is 23.9 Å². The Morgan fingerprint density at radius 3 is 2.74 bits per heavy atom. The van der Waals surface area contributed by atoms with Crippen molar-refractivity contribution in [3.8, 4) is 17.2 Å². The largest absolute Gasteiger partial charge is 0.372 e. The highest BCUT2D eigenvalue weighted by Gasteiger charge is 2.11. The molecule has 0 fully saturated rings. The lowest BCUT2D eigenvalue weighted by Gasteiger charge is -2.11. The van der Waals surface area contributed by atoms with Gasteiger partial charge in [0.1, 0.15) is 11.9 Å². The fourth-order valence-electron chi connectivity index (χ4n) is 2.06. The van der Waals surface area contributed by atoms with E-state index in [1.54, 1.807) is 13.2 Å². The molecule has 2 aromatic heterocycles. The molecule has 0 saturated heterocycles. The average Bonchev–Trinajstić information content (AvgIpc) is 2.45. The topological polar surface area (TPSA) is 61.6 Å². The third kappa shape index (κ3) is 2.55. The van der Waals surface area contributed by atoms with Gasteiger partial charge in [0.05, 0.1) is 11.3 Å². The van der Waals surface area contributed by atoms with Crippen LogP contribution in [0, 0.1) is 18.3 Å². The van der Waals surface area contributed by atoms with Crippen molar-refractivity contribution in [1.29, 1.82) is 5.26 Å². The van der Waals surface area contributed by atoms with E-state index >= 15 is 0 Å². The van der Waals surface area contributed by atoms with Crippen molar-refractivity contribution < 1.29 is 0 Å². The number of nitriles is 1. The fraction of sp³-hybridized carbons (Fsp3) is 0.267. The molecule has 2 rings (SSSR count). The molecular formula is C15H16N4. The quantitative estimate of drug-likeness (QED) is 0.912. The molecule has 1 N–H and O–H groups in total. The Morgan fingerprint density at radius 2 is 2.16 bits per heavy atom. The van der Waals surface area contributed by atoms with Gasteiger partial charge in [-0.2, -0.15) is 5.26 Å². The minimum atomic E-state index is 0.559. The lowest BCUT2D eigenvalue weighted by molar-refractivity contribution is 1.03. The van der Waals surface area contributed by atoms with Crippen molar-refractivity contribution in [3.63, 3.8) is 0 Å². The molecule has 0 spiro atoms. The van der Waals surface area contributed by atoms with Crippen LogP contribution >= 0.6 is 0 Å². The van der Waals surface area contributed by atoms with Gasteiger partial charge in [-0.15, -0.1) is 0 Å². The SMILES string of the molecule is CCc1nc(NC)c(C#N)cc1-c1ccnc(C)c1. The third-order valence-electron chi connectivity index (χ3n) is 3.00. The van der Waals surface area contributed by atoms with E-state index in [2.05, 4.69) is 28.3 Å². The maximum Gasteiger partial charge on any atom is 0.144 e. The van der Waals surface area contributed by atoms with E-state index in [0.29, 0.717) is 11.4 Å². The van der Waals surface area contributed by atoms with E-state index < -0.39 is 0 Å². The van der Waals surface area contributed by atoms with Gasteiger partial charge in [0, 0.05) is 24.5 Å². The first-order valence-electron chi connectivity index (χ1n) is 6.24. The van der Waals surface area contributed by atoms with Crippen LogP contribution in [0.15, 0.2) is 24.4 Å². The minimum Gasteiger partial charge on any atom is -0.372 e. The van der Waals surface area contributed by atoms with E-state index in [0.717, 1.165) is 28.9 Å². The lowest BCUT2D eigenvalue weighted by atomic mass is 10.0. The molecule has 4 heteroatoms. The first-order valence-corrected chi connectivity index (χ1v) is 6.24. The number of aromatic nitrogens is 2. The van der Waals surface area contributed by atoms with Crippen molar-refractivity contribution in [2.75, 3.05) is 12.4 Å². The summed E-state index contributed by atoms with van der Waals surface area (Å²) in [4.78, 5) is 8.73. The van der Waals surface area contributed by atoms with Crippen LogP contribution in [0.5, 0.6) is 0 Å². The Balaban J connectivity index is 2.66. The van der Waals surface area contributed by atoms with Gasteiger partial charge in [0.25, 0.3) is 0 Å². The van der Waals surface area contributed by atoms with E-state index in [1.807, 2.05) is 25.1 Å². The predicted octanol–water partition coefficient (Wildman–Crippen LogP) is 2.93. The molecule has 19 heavy (non-hydrogen) atoms. The van der Waals surface area contributed by atoms with Gasteiger partial charge < -0.3 is 5.32 Å². The Morgan fingerprint density at radius 1 is 1.37 bits per heavy atom. The number of pyridine rings is 2. The van der Waals surface area contributed by atoms with E-state index in [9.17, 15) is 5.26 Å². The van der Waals surface area contributed by atoms with Crippen LogP contribution in [-0.4, -0.2) is 17.0 Å². The van der Waals surface area contributed by atoms with Crippen LogP contribution in [0.2, 0.25) is 0 Å². The van der Waals surface area contributed by atoms with Crippen molar-refractivity contribution >= 4 is 5.82 Å². The summed E-state index contributed by atoms with van der Waals surface area (Å²) in [6, 6.07) is 8.04. The van der Waals surface area contributed by atoms with Gasteiger partial charge in [-0.05, 0) is 37.1 Å². The zero-order valence-electron chi connectivity index (χ0n) is 11.4. The zero-order chi connectivity index (χ0) is 13.8. The summed E-state index contributed by atoms with van der Waals surface area (Å²) in [5.74, 6) is 0.633. The summed E-state index contributed by atoms with van der Waals surface area (Å²) in [7, 11) is 1.78. The molecule has 0 bridgehead atoms. The molecule has 4 nitrogen and oxygen atoms in total. The van der Waals surface area contributed by atoms with Gasteiger partial charge in [0.2, 0.25) is 0 Å². The maximum absolute atomic E-state index is 9.20. The van der Waals surface area contributed by atoms with Crippen molar-refractivity contribution in [3.05, 3.63) is 41.3 Å². The number of hydrogen-bond donors (Lipinski definition) is 1. The summed E-state index contributed by atoms with van der Waals surface area (Å²) < 4.78 is 0. The molecule has 96 valence electrons. The first-order chi connectivity index (χ1) is 9.19. The number of nitrogens with zero attached hydrogens (tertiary/aromatic N) is 3. The van der Waals surface area contributed by atoms with Crippen LogP contribution < -0.4 is 5.32 Å². The van der Waals surface area contributed by atoms with Crippen LogP contribution in [-0.2, 0) is 6.42 Å². The van der Waals surface area contributed by atoms with Gasteiger partial charge in [-0.1, -0.05) is 6.92 Å². The molecule has 2 aromatic rings. The number of nitrogens with one attached hydrogen (secondary N) is 1. The molecule has 0 unspecified atom stereocenters. The van der Waals surface area contributed by atoms with Gasteiger partial charge in [-0.3, -0.25) is 4.98 Å². The van der Waals surface area contributed by atoms with E-state index in [1.165, 1.54) is 0 Å². The average molecular weight is 252 g/mol. The smallest absolute Gasteiger partial charge is 0.144 e. The zero-order valence-corrected chi connectivity index (χ0v) is 11.4. The van der Waals surface area contributed by atoms with E-state index in [-0.39, 0.29) is 0 Å². The Hall–Kier alpha value is -2.41. The van der Waals surface area contributed by atoms with Crippen molar-refractivity contribution in [1.82, 2.24) is 9.97 Å². The molecule has 0 aliphatic carbocycles. The standard InChI is InChI=1S/C15H16N4/c1-4-14-13(11-5-6-18-10(2)7-11)8-12(9-16)15(17-3)19-14/h5-8H,4H2,1-3H3,(H,17,19). The third-order valence-corrected chi connectivity index (χ3v) is 3.00. The molecule has 0 aliphatic heterocycles. The molecule has 0 amide bonds. The molecule has 0 atom stereocenters. The van der Waals surface area contributed by atoms with Crippen LogP contribution in [0.3, 0.4) is 0 Å². The van der Waals surface area contributed by atoms with Crippen molar-refractivity contribution in [2.24, 2.45) is 0 Å². The second kappa shape index (κ2) is 5.49. The minimum absolute atomic E-state index is 0.559. The number of aryl methyl sites for hydroxylation is 2. The molecule has 2 heterocycles. The summed E-state index contributed by atoms with van der Waals surface area (Å²) in [5.41, 5.74) is 4.55. The van der Waals surface area contributed by atoms with Gasteiger partial charge >= 0.3 is 0 Å². The maximum atomic E-state index is 9.20. The predicted molar refractivity (Wildman–Crippen MR) is 75.8 cm³/mol. The van der Waals surface area contributed by atoms with Crippen LogP contribution in [0.4, 0.5) is 5.82 Å². The number of rotatable bonds is 3. The van der Waals surface area contributed by atoms with Crippen LogP contribution in [0.25, 0.3) is 11.1 Å². The second-order valence-electron chi connectivity index (χ2n) is 4.28. The fourth-order valence-corrected chi connectivity index (χ4v) is 2.06. The second-order valence-corrected chi connectivity index (χ2v) is 4.28. The Labute approximate surface area is 113 Å². The Bertz CT molecular complexity index is 641. The molecule has 0 radical (unpaired) electrons. The summed E-state index contributed by atoms with van der Waals surface area (Å²) in [6.07, 6.45) is 2.60. The summed E-state index contributed by atoms with van der Waals surface area (Å²) in [5, 5.41) is 12.2. The summed E-state index contributed by atoms with van der Waals surface area (Å²) >= 11 is 0. The number of hydrogen-bond acceptors (Lipinski definition) is 4. The first kappa shape index (κ1) is 13.0. The van der Waals surface area contributed by atoms with Gasteiger partial charge in [-0.25, -0.2) is 4.98 Å². The molecular weight excluding hydrogens is 236 g/mol. The highest BCUT2D eigenvalue weighted by molar-refractivity contribution is 5.71. The normalized spacial score (nSPS) is 10.0. The van der Waals surface area contributed by atoms with Gasteiger partial charge in [0.15, 0.2) is 0 Å². The monoisotopic (exact) mass is 252 g/mol. The molecule has 0 aromatic carbocycles. The molecule has 0 aliphatic rings. The highest BCUT2D eigenvalue weighted by atomic mass is 15.0. The van der Waals surface area contributed by atoms with E-state index in [4.69, 9.17) is 0 Å².